The number of alkyl halides is 1. The molecule has 17 heavy (non-hydrogen) atoms. The average Bonchev–Trinajstić information content (AvgIpc) is 2.33. The van der Waals surface area contributed by atoms with E-state index in [1.165, 1.54) is 0 Å². The molecular weight excluding hydrogens is 301 g/mol. The predicted molar refractivity (Wildman–Crippen MR) is 77.8 cm³/mol. The first kappa shape index (κ1) is 13.2. The van der Waals surface area contributed by atoms with E-state index in [2.05, 4.69) is 34.7 Å². The standard InChI is InChI=1S/C13H17BrFNS/c1-9-10(2)17-7-6-16(9)13-11(8-14)4-3-5-12(13)15/h3-5,9-10H,6-8H2,1-2H3. The van der Waals surface area contributed by atoms with Crippen molar-refractivity contribution in [2.24, 2.45) is 0 Å². The third-order valence-corrected chi connectivity index (χ3v) is 5.33. The maximum Gasteiger partial charge on any atom is 0.146 e. The van der Waals surface area contributed by atoms with Gasteiger partial charge in [0.15, 0.2) is 0 Å². The molecule has 0 radical (unpaired) electrons. The number of thioether (sulfide) groups is 1. The SMILES string of the molecule is CC1SCCN(c2c(F)cccc2CBr)C1C. The molecular formula is C13H17BrFNS. The molecule has 1 saturated heterocycles. The summed E-state index contributed by atoms with van der Waals surface area (Å²) in [5, 5.41) is 1.25. The highest BCUT2D eigenvalue weighted by atomic mass is 79.9. The van der Waals surface area contributed by atoms with Gasteiger partial charge in [0.05, 0.1) is 5.69 Å². The smallest absolute Gasteiger partial charge is 0.146 e. The molecule has 1 heterocycles. The van der Waals surface area contributed by atoms with Gasteiger partial charge in [-0.3, -0.25) is 0 Å². The number of anilines is 1. The number of benzene rings is 1. The van der Waals surface area contributed by atoms with Crippen molar-refractivity contribution in [1.29, 1.82) is 0 Å². The molecule has 0 aromatic heterocycles. The first-order valence-corrected chi connectivity index (χ1v) is 8.03. The van der Waals surface area contributed by atoms with Crippen molar-refractivity contribution in [3.05, 3.63) is 29.6 Å². The molecule has 1 aliphatic heterocycles. The summed E-state index contributed by atoms with van der Waals surface area (Å²) in [4.78, 5) is 2.22. The number of halogens is 2. The van der Waals surface area contributed by atoms with Crippen LogP contribution < -0.4 is 4.90 Å². The van der Waals surface area contributed by atoms with Crippen LogP contribution in [0.2, 0.25) is 0 Å². The number of para-hydroxylation sites is 1. The zero-order valence-electron chi connectivity index (χ0n) is 10.1. The fourth-order valence-electron chi connectivity index (χ4n) is 2.24. The first-order chi connectivity index (χ1) is 8.15. The average molecular weight is 318 g/mol. The van der Waals surface area contributed by atoms with Gasteiger partial charge in [0.2, 0.25) is 0 Å². The Morgan fingerprint density at radius 3 is 2.94 bits per heavy atom. The molecule has 1 fully saturated rings. The van der Waals surface area contributed by atoms with Crippen LogP contribution in [0.15, 0.2) is 18.2 Å². The highest BCUT2D eigenvalue weighted by molar-refractivity contribution is 9.08. The molecule has 0 spiro atoms. The zero-order chi connectivity index (χ0) is 12.4. The van der Waals surface area contributed by atoms with Gasteiger partial charge in [-0.1, -0.05) is 35.0 Å². The largest absolute Gasteiger partial charge is 0.364 e. The molecule has 1 aromatic carbocycles. The summed E-state index contributed by atoms with van der Waals surface area (Å²) in [6.45, 7) is 5.33. The Hall–Kier alpha value is -0.220. The normalized spacial score (nSPS) is 25.1. The van der Waals surface area contributed by atoms with E-state index in [9.17, 15) is 4.39 Å². The molecule has 0 bridgehead atoms. The van der Waals surface area contributed by atoms with E-state index in [-0.39, 0.29) is 5.82 Å². The van der Waals surface area contributed by atoms with Crippen molar-refractivity contribution < 1.29 is 4.39 Å². The molecule has 1 nitrogen and oxygen atoms in total. The third kappa shape index (κ3) is 2.63. The van der Waals surface area contributed by atoms with Crippen LogP contribution in [0, 0.1) is 5.82 Å². The van der Waals surface area contributed by atoms with Crippen molar-refractivity contribution in [3.63, 3.8) is 0 Å². The monoisotopic (exact) mass is 317 g/mol. The van der Waals surface area contributed by atoms with E-state index in [0.29, 0.717) is 16.6 Å². The molecule has 0 saturated carbocycles. The lowest BCUT2D eigenvalue weighted by Crippen LogP contribution is -2.45. The molecule has 0 amide bonds. The van der Waals surface area contributed by atoms with Gasteiger partial charge in [0.1, 0.15) is 5.82 Å². The minimum Gasteiger partial charge on any atom is -0.364 e. The Kier molecular flexibility index (Phi) is 4.36. The first-order valence-electron chi connectivity index (χ1n) is 5.86. The van der Waals surface area contributed by atoms with Gasteiger partial charge < -0.3 is 4.90 Å². The van der Waals surface area contributed by atoms with Crippen molar-refractivity contribution in [1.82, 2.24) is 0 Å². The summed E-state index contributed by atoms with van der Waals surface area (Å²) >= 11 is 5.41. The highest BCUT2D eigenvalue weighted by Crippen LogP contribution is 2.33. The Morgan fingerprint density at radius 1 is 1.47 bits per heavy atom. The molecule has 94 valence electrons. The summed E-state index contributed by atoms with van der Waals surface area (Å²) in [5.74, 6) is 0.967. The van der Waals surface area contributed by atoms with Gasteiger partial charge in [-0.05, 0) is 18.6 Å². The predicted octanol–water partition coefficient (Wildman–Crippen LogP) is 4.05. The van der Waals surface area contributed by atoms with Crippen LogP contribution in [0.25, 0.3) is 0 Å². The maximum atomic E-state index is 14.1. The topological polar surface area (TPSA) is 3.24 Å². The van der Waals surface area contributed by atoms with Crippen molar-refractivity contribution in [2.75, 3.05) is 17.2 Å². The molecule has 1 aromatic rings. The van der Waals surface area contributed by atoms with Gasteiger partial charge in [0.25, 0.3) is 0 Å². The zero-order valence-corrected chi connectivity index (χ0v) is 12.5. The summed E-state index contributed by atoms with van der Waals surface area (Å²) < 4.78 is 14.1. The lowest BCUT2D eigenvalue weighted by Gasteiger charge is -2.40. The Labute approximate surface area is 115 Å². The number of nitrogens with zero attached hydrogens (tertiary/aromatic N) is 1. The van der Waals surface area contributed by atoms with Gasteiger partial charge in [-0.2, -0.15) is 11.8 Å². The molecule has 2 unspecified atom stereocenters. The molecule has 1 aliphatic rings. The van der Waals surface area contributed by atoms with E-state index in [1.54, 1.807) is 12.1 Å². The number of hydrogen-bond donors (Lipinski definition) is 0. The van der Waals surface area contributed by atoms with Crippen LogP contribution >= 0.6 is 27.7 Å². The van der Waals surface area contributed by atoms with E-state index in [0.717, 1.165) is 23.5 Å². The molecule has 4 heteroatoms. The van der Waals surface area contributed by atoms with Crippen LogP contribution in [0.4, 0.5) is 10.1 Å². The van der Waals surface area contributed by atoms with Gasteiger partial charge in [0, 0.05) is 28.9 Å². The Balaban J connectivity index is 2.38. The van der Waals surface area contributed by atoms with Crippen LogP contribution in [-0.2, 0) is 5.33 Å². The fourth-order valence-corrected chi connectivity index (χ4v) is 3.79. The highest BCUT2D eigenvalue weighted by Gasteiger charge is 2.28. The van der Waals surface area contributed by atoms with Crippen LogP contribution in [0.1, 0.15) is 19.4 Å². The summed E-state index contributed by atoms with van der Waals surface area (Å²) in [6, 6.07) is 5.71. The molecule has 0 N–H and O–H groups in total. The van der Waals surface area contributed by atoms with Crippen LogP contribution in [0.5, 0.6) is 0 Å². The van der Waals surface area contributed by atoms with E-state index >= 15 is 0 Å². The Morgan fingerprint density at radius 2 is 2.24 bits per heavy atom. The van der Waals surface area contributed by atoms with Gasteiger partial charge >= 0.3 is 0 Å². The van der Waals surface area contributed by atoms with E-state index in [4.69, 9.17) is 0 Å². The lowest BCUT2D eigenvalue weighted by atomic mass is 10.1. The number of rotatable bonds is 2. The van der Waals surface area contributed by atoms with Crippen molar-refractivity contribution in [2.45, 2.75) is 30.5 Å². The van der Waals surface area contributed by atoms with Crippen molar-refractivity contribution in [3.8, 4) is 0 Å². The summed E-state index contributed by atoms with van der Waals surface area (Å²) in [6.07, 6.45) is 0. The van der Waals surface area contributed by atoms with Gasteiger partial charge in [-0.25, -0.2) is 4.39 Å². The van der Waals surface area contributed by atoms with E-state index in [1.807, 2.05) is 17.8 Å². The lowest BCUT2D eigenvalue weighted by molar-refractivity contribution is 0.580. The second-order valence-corrected chi connectivity index (χ2v) is 6.44. The van der Waals surface area contributed by atoms with E-state index < -0.39 is 0 Å². The molecule has 2 atom stereocenters. The molecule has 2 rings (SSSR count). The minimum absolute atomic E-state index is 0.104. The molecule has 0 aliphatic carbocycles. The van der Waals surface area contributed by atoms with Crippen molar-refractivity contribution >= 4 is 33.4 Å². The Bertz CT molecular complexity index is 399. The second-order valence-electron chi connectivity index (χ2n) is 4.39. The van der Waals surface area contributed by atoms with Crippen LogP contribution in [0.3, 0.4) is 0 Å². The van der Waals surface area contributed by atoms with Gasteiger partial charge in [-0.15, -0.1) is 0 Å². The summed E-state index contributed by atoms with van der Waals surface area (Å²) in [5.41, 5.74) is 1.82. The maximum absolute atomic E-state index is 14.1. The van der Waals surface area contributed by atoms with Crippen LogP contribution in [-0.4, -0.2) is 23.6 Å². The third-order valence-electron chi connectivity index (χ3n) is 3.39. The summed E-state index contributed by atoms with van der Waals surface area (Å²) in [7, 11) is 0. The minimum atomic E-state index is -0.104. The number of hydrogen-bond acceptors (Lipinski definition) is 2. The quantitative estimate of drug-likeness (QED) is 0.757. The fraction of sp³-hybridized carbons (Fsp3) is 0.538. The second kappa shape index (κ2) is 5.61.